The summed E-state index contributed by atoms with van der Waals surface area (Å²) >= 11 is 1.79. The second-order valence-electron chi connectivity index (χ2n) is 16.7. The summed E-state index contributed by atoms with van der Waals surface area (Å²) in [6, 6.07) is 76.5. The van der Waals surface area contributed by atoms with Crippen molar-refractivity contribution in [2.75, 3.05) is 4.90 Å². The van der Waals surface area contributed by atoms with E-state index in [9.17, 15) is 0 Å². The smallest absolute Gasteiger partial charge is 0.238 e. The van der Waals surface area contributed by atoms with Gasteiger partial charge in [-0.1, -0.05) is 182 Å². The van der Waals surface area contributed by atoms with Gasteiger partial charge in [0.25, 0.3) is 0 Å². The molecule has 3 aliphatic rings. The maximum Gasteiger partial charge on any atom is 0.238 e. The van der Waals surface area contributed by atoms with Gasteiger partial charge < -0.3 is 4.57 Å². The normalized spacial score (nSPS) is 13.7. The van der Waals surface area contributed by atoms with E-state index in [-0.39, 0.29) is 0 Å². The first kappa shape index (κ1) is 35.5. The highest BCUT2D eigenvalue weighted by atomic mass is 32.2. The lowest BCUT2D eigenvalue weighted by Crippen LogP contribution is -2.25. The predicted molar refractivity (Wildman–Crippen MR) is 260 cm³/mol. The molecule has 14 rings (SSSR count). The van der Waals surface area contributed by atoms with Crippen LogP contribution in [0.4, 0.5) is 17.3 Å². The Morgan fingerprint density at radius 1 is 0.391 bits per heavy atom. The van der Waals surface area contributed by atoms with Gasteiger partial charge in [0.2, 0.25) is 5.95 Å². The lowest BCUT2D eigenvalue weighted by Gasteiger charge is -2.31. The highest BCUT2D eigenvalue weighted by Gasteiger charge is 2.52. The van der Waals surface area contributed by atoms with Crippen LogP contribution in [0.15, 0.2) is 222 Å². The lowest BCUT2D eigenvalue weighted by atomic mass is 9.70. The molecule has 5 nitrogen and oxygen atoms in total. The summed E-state index contributed by atoms with van der Waals surface area (Å²) in [5.41, 5.74) is 17.0. The molecule has 1 spiro atoms. The summed E-state index contributed by atoms with van der Waals surface area (Å²) in [5.74, 6) is 1.82. The number of anilines is 3. The van der Waals surface area contributed by atoms with Crippen LogP contribution in [0, 0.1) is 0 Å². The van der Waals surface area contributed by atoms with Gasteiger partial charge in [0, 0.05) is 37.4 Å². The van der Waals surface area contributed by atoms with Crippen molar-refractivity contribution in [3.05, 3.63) is 235 Å². The van der Waals surface area contributed by atoms with Crippen molar-refractivity contribution in [1.82, 2.24) is 19.5 Å². The van der Waals surface area contributed by atoms with Gasteiger partial charge >= 0.3 is 0 Å². The van der Waals surface area contributed by atoms with Gasteiger partial charge in [-0.05, 0) is 87.0 Å². The van der Waals surface area contributed by atoms with E-state index < -0.39 is 5.41 Å². The second-order valence-corrected chi connectivity index (χ2v) is 17.8. The summed E-state index contributed by atoms with van der Waals surface area (Å²) < 4.78 is 2.38. The molecule has 6 heteroatoms. The molecule has 11 aromatic rings. The van der Waals surface area contributed by atoms with E-state index >= 15 is 0 Å². The first-order valence-electron chi connectivity index (χ1n) is 21.7. The van der Waals surface area contributed by atoms with Crippen LogP contribution < -0.4 is 4.90 Å². The van der Waals surface area contributed by atoms with E-state index in [1.807, 2.05) is 6.07 Å². The van der Waals surface area contributed by atoms with Crippen molar-refractivity contribution in [2.45, 2.75) is 15.2 Å². The quantitative estimate of drug-likeness (QED) is 0.177. The zero-order valence-corrected chi connectivity index (χ0v) is 35.2. The Bertz CT molecular complexity index is 3680. The monoisotopic (exact) mass is 833 g/mol. The number of hydrogen-bond acceptors (Lipinski definition) is 5. The third-order valence-corrected chi connectivity index (χ3v) is 14.6. The minimum atomic E-state index is -0.487. The molecule has 2 aliphatic carbocycles. The maximum atomic E-state index is 5.59. The van der Waals surface area contributed by atoms with Crippen molar-refractivity contribution in [3.63, 3.8) is 0 Å². The highest BCUT2D eigenvalue weighted by Crippen LogP contribution is 2.64. The molecule has 9 aromatic carbocycles. The molecule has 298 valence electrons. The lowest BCUT2D eigenvalue weighted by molar-refractivity contribution is 0.794. The average Bonchev–Trinajstić information content (AvgIpc) is 3.97. The molecule has 0 atom stereocenters. The summed E-state index contributed by atoms with van der Waals surface area (Å²) in [7, 11) is 0. The molecule has 0 amide bonds. The molecule has 0 bridgehead atoms. The summed E-state index contributed by atoms with van der Waals surface area (Å²) in [6.45, 7) is 0. The molecule has 1 aliphatic heterocycles. The molecule has 0 unspecified atom stereocenters. The van der Waals surface area contributed by atoms with Crippen molar-refractivity contribution < 1.29 is 0 Å². The Morgan fingerprint density at radius 2 is 0.984 bits per heavy atom. The molecule has 2 aromatic heterocycles. The SMILES string of the molecule is c1ccc(-c2nc(-c3cccc4c3-c3ccccc3C43c4ccccc4-c4ccccc43)nc(N3c4ccccc4Sc4cc5c(cc43)c3ccccc3n5-c3ccccc3)n2)cc1. The average molecular weight is 834 g/mol. The van der Waals surface area contributed by atoms with Crippen LogP contribution in [-0.2, 0) is 5.41 Å². The fourth-order valence-electron chi connectivity index (χ4n) is 10.9. The Balaban J connectivity index is 1.04. The zero-order valence-electron chi connectivity index (χ0n) is 34.4. The van der Waals surface area contributed by atoms with Gasteiger partial charge in [-0.3, -0.25) is 4.90 Å². The Kier molecular flexibility index (Phi) is 7.48. The molecule has 0 radical (unpaired) electrons. The number of benzene rings is 9. The fraction of sp³-hybridized carbons (Fsp3) is 0.0172. The third kappa shape index (κ3) is 4.83. The van der Waals surface area contributed by atoms with E-state index in [1.54, 1.807) is 11.8 Å². The van der Waals surface area contributed by atoms with E-state index in [0.29, 0.717) is 17.6 Å². The fourth-order valence-corrected chi connectivity index (χ4v) is 12.0. The highest BCUT2D eigenvalue weighted by molar-refractivity contribution is 7.99. The van der Waals surface area contributed by atoms with Gasteiger partial charge in [-0.2, -0.15) is 9.97 Å². The first-order valence-corrected chi connectivity index (χ1v) is 22.5. The van der Waals surface area contributed by atoms with Crippen molar-refractivity contribution in [3.8, 4) is 50.7 Å². The Morgan fingerprint density at radius 3 is 1.77 bits per heavy atom. The molecule has 0 N–H and O–H groups in total. The van der Waals surface area contributed by atoms with Crippen LogP contribution in [0.25, 0.3) is 72.5 Å². The third-order valence-electron chi connectivity index (χ3n) is 13.5. The molecule has 0 saturated carbocycles. The van der Waals surface area contributed by atoms with Gasteiger partial charge in [0.1, 0.15) is 0 Å². The van der Waals surface area contributed by atoms with E-state index in [2.05, 4.69) is 216 Å². The minimum Gasteiger partial charge on any atom is -0.309 e. The Hall–Kier alpha value is -8.06. The van der Waals surface area contributed by atoms with Crippen LogP contribution >= 0.6 is 11.8 Å². The van der Waals surface area contributed by atoms with Gasteiger partial charge in [0.15, 0.2) is 11.6 Å². The van der Waals surface area contributed by atoms with Crippen molar-refractivity contribution in [1.29, 1.82) is 0 Å². The van der Waals surface area contributed by atoms with Crippen LogP contribution in [-0.4, -0.2) is 19.5 Å². The van der Waals surface area contributed by atoms with Crippen LogP contribution in [0.1, 0.15) is 22.3 Å². The van der Waals surface area contributed by atoms with E-state index in [1.165, 1.54) is 49.7 Å². The Labute approximate surface area is 374 Å². The number of para-hydroxylation sites is 3. The van der Waals surface area contributed by atoms with Gasteiger partial charge in [-0.15, -0.1) is 0 Å². The summed E-state index contributed by atoms with van der Waals surface area (Å²) in [4.78, 5) is 20.9. The van der Waals surface area contributed by atoms with Crippen LogP contribution in [0.3, 0.4) is 0 Å². The second kappa shape index (κ2) is 13.5. The van der Waals surface area contributed by atoms with Crippen molar-refractivity contribution in [2.24, 2.45) is 0 Å². The molecule has 0 fully saturated rings. The summed E-state index contributed by atoms with van der Waals surface area (Å²) in [6.07, 6.45) is 0. The first-order chi connectivity index (χ1) is 31.8. The van der Waals surface area contributed by atoms with Crippen LogP contribution in [0.5, 0.6) is 0 Å². The zero-order chi connectivity index (χ0) is 41.9. The molecular weight excluding hydrogens is 799 g/mol. The van der Waals surface area contributed by atoms with Crippen molar-refractivity contribution >= 4 is 50.9 Å². The molecule has 3 heterocycles. The molecular formula is C58H35N5S. The largest absolute Gasteiger partial charge is 0.309 e. The number of aromatic nitrogens is 4. The standard InChI is InChI=1S/C58H35N5S/c1-3-18-36(19-4-1)55-59-56(42-26-17-30-47-54(42)41-25-9-13-29-46(41)58(47)44-27-11-7-22-38(44)39-23-8-12-28-45(39)58)61-57(60-55)63-49-32-15-16-33-52(49)64-53-35-50-43(34-51(53)63)40-24-10-14-31-48(40)62(50)37-20-5-2-6-21-37/h1-35H. The predicted octanol–water partition coefficient (Wildman–Crippen LogP) is 14.6. The summed E-state index contributed by atoms with van der Waals surface area (Å²) in [5, 5.41) is 2.36. The van der Waals surface area contributed by atoms with E-state index in [4.69, 9.17) is 15.0 Å². The number of nitrogens with zero attached hydrogens (tertiary/aromatic N) is 5. The molecule has 0 saturated heterocycles. The van der Waals surface area contributed by atoms with Gasteiger partial charge in [-0.25, -0.2) is 4.98 Å². The van der Waals surface area contributed by atoms with Crippen LogP contribution in [0.2, 0.25) is 0 Å². The minimum absolute atomic E-state index is 0.487. The molecule has 64 heavy (non-hydrogen) atoms. The topological polar surface area (TPSA) is 46.8 Å². The van der Waals surface area contributed by atoms with E-state index in [0.717, 1.165) is 54.6 Å². The number of rotatable bonds is 4. The maximum absolute atomic E-state index is 5.59. The van der Waals surface area contributed by atoms with Gasteiger partial charge in [0.05, 0.1) is 27.8 Å². The number of fused-ring (bicyclic) bond motifs is 15. The number of hydrogen-bond donors (Lipinski definition) is 0.